The fraction of sp³-hybridized carbons (Fsp3) is 0.314. The van der Waals surface area contributed by atoms with E-state index < -0.39 is 0 Å². The molecular formula is C118H123Cl4FN14O9. The highest BCUT2D eigenvalue weighted by molar-refractivity contribution is 6.31. The number of nitrogens with zero attached hydrogens (tertiary/aromatic N) is 10. The van der Waals surface area contributed by atoms with Crippen molar-refractivity contribution in [1.82, 2.24) is 69.0 Å². The molecule has 0 spiro atoms. The number of para-hydroxylation sites is 4. The summed E-state index contributed by atoms with van der Waals surface area (Å²) in [6.45, 7) is 11.4. The van der Waals surface area contributed by atoms with Crippen molar-refractivity contribution >= 4 is 137 Å². The van der Waals surface area contributed by atoms with Crippen LogP contribution in [-0.2, 0) is 64.7 Å². The lowest BCUT2D eigenvalue weighted by molar-refractivity contribution is -0.127. The predicted molar refractivity (Wildman–Crippen MR) is 577 cm³/mol. The Morgan fingerprint density at radius 1 is 0.329 bits per heavy atom. The molecule has 5 aromatic heterocycles. The zero-order valence-corrected chi connectivity index (χ0v) is 85.4. The van der Waals surface area contributed by atoms with Crippen LogP contribution in [0.1, 0.15) is 145 Å². The third-order valence-corrected chi connectivity index (χ3v) is 29.8. The average molecular weight is 2040 g/mol. The standard InChI is InChI=1S/C31H32ClN3O3.C30H29ClFN3O2.C29H35ClN4O2.C28H27ClN4O2/c1-38-27-12-8-22(9-13-27)14-17-33-30(36)24-15-18-34(19-16-24)31(37)29-20-25-4-2-3-5-28(25)35(29)21-23-6-10-26(32)11-7-23;31-25-9-5-22(6-10-25)20-35-27-4-2-1-3-24(27)19-28(35)30(37)34-17-14-23(15-18-34)29(36)33-16-13-21-7-11-26(32)12-8-21;1-32-14-10-21(11-15-32)19-31-28(35)23-12-16-33(17-13-23)29(36)27-18-24-4-2-3-5-26(24)34(27)20-22-6-8-25(30)9-7-22;29-24-9-7-20(8-10-24)19-33-25-6-2-1-5-23(25)16-26(33)28(35)32-14-11-22(12-15-32)27(34)31-18-21-4-3-13-30-17-21/h2-13,20,24H,14-19,21H2,1H3,(H,33,36);1-12,19,23H,13-18,20H2,(H,33,36);2-9,18,21,23H,10-17,19-20H2,1H3,(H,31,35);1-10,13,16-17,22H,11-12,14-15,18-19H2,(H,31,34). The smallest absolute Gasteiger partial charge is 0.270 e. The van der Waals surface area contributed by atoms with E-state index in [1.54, 1.807) is 31.6 Å². The highest BCUT2D eigenvalue weighted by Gasteiger charge is 2.36. The Balaban J connectivity index is 0.000000133. The lowest BCUT2D eigenvalue weighted by atomic mass is 9.94. The van der Waals surface area contributed by atoms with E-state index in [1.807, 2.05) is 268 Å². The number of carbonyl (C=O) groups is 8. The molecule has 5 saturated heterocycles. The number of rotatable bonds is 27. The van der Waals surface area contributed by atoms with Crippen LogP contribution < -0.4 is 26.0 Å². The number of pyridine rings is 1. The van der Waals surface area contributed by atoms with Gasteiger partial charge in [0.15, 0.2) is 0 Å². The normalized spacial score (nSPS) is 15.1. The quantitative estimate of drug-likeness (QED) is 0.0377. The number of amides is 8. The summed E-state index contributed by atoms with van der Waals surface area (Å²) in [4.78, 5) is 119. The van der Waals surface area contributed by atoms with Gasteiger partial charge in [0.25, 0.3) is 23.6 Å². The number of ether oxygens (including phenoxy) is 1. The van der Waals surface area contributed by atoms with E-state index in [4.69, 9.17) is 51.1 Å². The van der Waals surface area contributed by atoms with Gasteiger partial charge in [-0.25, -0.2) is 4.39 Å². The molecule has 0 atom stereocenters. The Morgan fingerprint density at radius 2 is 0.616 bits per heavy atom. The molecule has 754 valence electrons. The number of hydrogen-bond donors (Lipinski definition) is 4. The zero-order valence-electron chi connectivity index (χ0n) is 82.3. The van der Waals surface area contributed by atoms with E-state index in [9.17, 15) is 42.7 Å². The topological polar surface area (TPSA) is 243 Å². The number of aromatic nitrogens is 5. The van der Waals surface area contributed by atoms with Gasteiger partial charge in [0.05, 0.1) is 7.11 Å². The summed E-state index contributed by atoms with van der Waals surface area (Å²) in [6.07, 6.45) is 12.5. The van der Waals surface area contributed by atoms with Crippen LogP contribution in [0, 0.1) is 35.4 Å². The largest absolute Gasteiger partial charge is 0.497 e. The molecular weight excluding hydrogens is 1920 g/mol. The minimum Gasteiger partial charge on any atom is -0.497 e. The summed E-state index contributed by atoms with van der Waals surface area (Å²) >= 11 is 24.3. The third-order valence-electron chi connectivity index (χ3n) is 28.8. The molecule has 20 rings (SSSR count). The molecule has 0 radical (unpaired) electrons. The summed E-state index contributed by atoms with van der Waals surface area (Å²) < 4.78 is 26.6. The molecule has 8 amide bonds. The number of piperidine rings is 5. The van der Waals surface area contributed by atoms with Crippen molar-refractivity contribution in [1.29, 1.82) is 0 Å². The van der Waals surface area contributed by atoms with Crippen LogP contribution in [0.2, 0.25) is 20.1 Å². The van der Waals surface area contributed by atoms with E-state index in [0.29, 0.717) is 205 Å². The minimum absolute atomic E-state index is 0.00406. The lowest BCUT2D eigenvalue weighted by Gasteiger charge is -2.32. The molecule has 5 aliphatic heterocycles. The first-order valence-electron chi connectivity index (χ1n) is 50.6. The van der Waals surface area contributed by atoms with Gasteiger partial charge in [0.1, 0.15) is 34.3 Å². The first kappa shape index (κ1) is 104. The number of likely N-dealkylation sites (tertiary alicyclic amines) is 5. The number of fused-ring (bicyclic) bond motifs is 4. The monoisotopic (exact) mass is 2040 g/mol. The average Bonchev–Trinajstić information content (AvgIpc) is 1.64. The van der Waals surface area contributed by atoms with Crippen molar-refractivity contribution in [2.75, 3.05) is 99.2 Å². The van der Waals surface area contributed by atoms with Gasteiger partial charge in [-0.05, 0) is 269 Å². The molecule has 15 aromatic rings. The fourth-order valence-electron chi connectivity index (χ4n) is 20.2. The Morgan fingerprint density at radius 3 is 0.918 bits per heavy atom. The molecule has 5 aliphatic rings. The van der Waals surface area contributed by atoms with Crippen molar-refractivity contribution in [2.45, 2.75) is 110 Å². The summed E-state index contributed by atoms with van der Waals surface area (Å²) in [5.74, 6) is 1.16. The van der Waals surface area contributed by atoms with Gasteiger partial charge < -0.3 is 68.8 Å². The first-order valence-corrected chi connectivity index (χ1v) is 52.1. The maximum Gasteiger partial charge on any atom is 0.270 e. The molecule has 0 bridgehead atoms. The molecule has 0 saturated carbocycles. The SMILES string of the molecule is CN1CCC(CNC(=O)C2CCN(C(=O)c3cc4ccccc4n3Cc3ccc(Cl)cc3)CC2)CC1.COc1ccc(CCNC(=O)C2CCN(C(=O)c3cc4ccccc4n3Cc3ccc(Cl)cc3)CC2)cc1.O=C(NCCc1ccc(F)cc1)C1CCN(C(=O)c2cc3ccccc3n2Cc2ccc(Cl)cc2)CC1.O=C(NCc1cccnc1)C1CCN(C(=O)c2cc3ccccc3n2Cc2ccc(Cl)cc2)CC1. The van der Waals surface area contributed by atoms with Gasteiger partial charge >= 0.3 is 0 Å². The maximum absolute atomic E-state index is 13.7. The number of benzene rings is 10. The van der Waals surface area contributed by atoms with Gasteiger partial charge in [0.2, 0.25) is 23.6 Å². The summed E-state index contributed by atoms with van der Waals surface area (Å²) in [6, 6.07) is 89.0. The molecule has 23 nitrogen and oxygen atoms in total. The van der Waals surface area contributed by atoms with E-state index in [0.717, 1.165) is 127 Å². The summed E-state index contributed by atoms with van der Waals surface area (Å²) in [5.41, 5.74) is 14.2. The van der Waals surface area contributed by atoms with Crippen LogP contribution in [0.4, 0.5) is 4.39 Å². The van der Waals surface area contributed by atoms with E-state index in [-0.39, 0.29) is 76.7 Å². The van der Waals surface area contributed by atoms with Crippen molar-refractivity contribution < 1.29 is 47.5 Å². The number of hydrogen-bond acceptors (Lipinski definition) is 11. The fourth-order valence-corrected chi connectivity index (χ4v) is 20.7. The van der Waals surface area contributed by atoms with Crippen molar-refractivity contribution in [2.24, 2.45) is 29.6 Å². The summed E-state index contributed by atoms with van der Waals surface area (Å²) in [7, 11) is 3.80. The Hall–Kier alpha value is -13.9. The van der Waals surface area contributed by atoms with E-state index in [1.165, 1.54) is 12.1 Å². The van der Waals surface area contributed by atoms with Gasteiger partial charge in [-0.3, -0.25) is 43.3 Å². The first-order chi connectivity index (χ1) is 71.0. The molecule has 10 heterocycles. The third kappa shape index (κ3) is 26.9. The van der Waals surface area contributed by atoms with Crippen LogP contribution in [0.25, 0.3) is 43.6 Å². The Bertz CT molecular complexity index is 7000. The molecule has 4 N–H and O–H groups in total. The number of nitrogens with one attached hydrogen (secondary N) is 4. The summed E-state index contributed by atoms with van der Waals surface area (Å²) in [5, 5.41) is 19.2. The van der Waals surface area contributed by atoms with Crippen molar-refractivity contribution in [3.63, 3.8) is 0 Å². The highest BCUT2D eigenvalue weighted by atomic mass is 35.5. The van der Waals surface area contributed by atoms with E-state index >= 15 is 0 Å². The Kier molecular flexibility index (Phi) is 35.3. The minimum atomic E-state index is -0.264. The van der Waals surface area contributed by atoms with Gasteiger partial charge in [-0.2, -0.15) is 0 Å². The van der Waals surface area contributed by atoms with Crippen LogP contribution in [0.15, 0.2) is 291 Å². The molecule has 28 heteroatoms. The predicted octanol–water partition coefficient (Wildman–Crippen LogP) is 20.8. The number of methoxy groups -OCH3 is 1. The molecule has 0 unspecified atom stereocenters. The second kappa shape index (κ2) is 49.8. The van der Waals surface area contributed by atoms with E-state index in [2.05, 4.69) is 62.5 Å². The second-order valence-electron chi connectivity index (χ2n) is 38.6. The number of carbonyl (C=O) groups excluding carboxylic acids is 8. The molecule has 146 heavy (non-hydrogen) atoms. The lowest BCUT2D eigenvalue weighted by Crippen LogP contribution is -2.44. The molecule has 0 aliphatic carbocycles. The van der Waals surface area contributed by atoms with Gasteiger partial charge in [0, 0.05) is 204 Å². The Labute approximate surface area is 871 Å². The maximum atomic E-state index is 13.7. The van der Waals surface area contributed by atoms with Crippen LogP contribution >= 0.6 is 46.4 Å². The second-order valence-corrected chi connectivity index (χ2v) is 40.3. The van der Waals surface area contributed by atoms with Gasteiger partial charge in [-0.1, -0.05) is 198 Å². The molecule has 10 aromatic carbocycles. The number of halogens is 5. The zero-order chi connectivity index (χ0) is 102. The van der Waals surface area contributed by atoms with Crippen molar-refractivity contribution in [3.05, 3.63) is 379 Å². The molecule has 5 fully saturated rings. The van der Waals surface area contributed by atoms with Gasteiger partial charge in [-0.15, -0.1) is 0 Å². The van der Waals surface area contributed by atoms with Crippen LogP contribution in [-0.4, -0.2) is 194 Å². The highest BCUT2D eigenvalue weighted by Crippen LogP contribution is 2.34. The van der Waals surface area contributed by atoms with Crippen molar-refractivity contribution in [3.8, 4) is 5.75 Å². The van der Waals surface area contributed by atoms with Crippen LogP contribution in [0.5, 0.6) is 5.75 Å². The van der Waals surface area contributed by atoms with Crippen LogP contribution in [0.3, 0.4) is 0 Å².